The second-order valence-electron chi connectivity index (χ2n) is 6.65. The maximum atomic E-state index is 13.3. The van der Waals surface area contributed by atoms with Gasteiger partial charge in [0, 0.05) is 31.3 Å². The van der Waals surface area contributed by atoms with Crippen molar-refractivity contribution < 1.29 is 9.59 Å². The standard InChI is InChI=1S/C22H24N2O2/c1-4-10-18-21(16-11-6-5-7-12-16)17-13-8-9-14-19(17)24(22(18)26)15-20(25)23(2)3/h5-14,21H,4,15H2,1-3H3/b18-10+. The topological polar surface area (TPSA) is 40.6 Å². The Bertz CT molecular complexity index is 840. The first-order valence-corrected chi connectivity index (χ1v) is 8.90. The summed E-state index contributed by atoms with van der Waals surface area (Å²) in [5.74, 6) is -0.290. The normalized spacial score (nSPS) is 18.0. The third-order valence-corrected chi connectivity index (χ3v) is 4.69. The molecule has 1 aliphatic rings. The fourth-order valence-corrected chi connectivity index (χ4v) is 3.40. The summed E-state index contributed by atoms with van der Waals surface area (Å²) in [6, 6.07) is 18.0. The number of nitrogens with zero attached hydrogens (tertiary/aromatic N) is 2. The average molecular weight is 348 g/mol. The number of rotatable bonds is 4. The quantitative estimate of drug-likeness (QED) is 0.792. The summed E-state index contributed by atoms with van der Waals surface area (Å²) < 4.78 is 0. The Morgan fingerprint density at radius 1 is 1.08 bits per heavy atom. The fourth-order valence-electron chi connectivity index (χ4n) is 3.40. The van der Waals surface area contributed by atoms with Crippen molar-refractivity contribution in [1.29, 1.82) is 0 Å². The van der Waals surface area contributed by atoms with Gasteiger partial charge in [0.25, 0.3) is 5.91 Å². The molecule has 134 valence electrons. The number of anilines is 1. The molecule has 1 unspecified atom stereocenters. The summed E-state index contributed by atoms with van der Waals surface area (Å²) in [6.07, 6.45) is 2.76. The molecule has 2 aromatic carbocycles. The minimum Gasteiger partial charge on any atom is -0.347 e. The van der Waals surface area contributed by atoms with Crippen molar-refractivity contribution >= 4 is 17.5 Å². The SMILES string of the molecule is CC/C=C1/C(=O)N(CC(=O)N(C)C)c2ccccc2C1c1ccccc1. The van der Waals surface area contributed by atoms with Crippen LogP contribution in [0.4, 0.5) is 5.69 Å². The number of hydrogen-bond acceptors (Lipinski definition) is 2. The Morgan fingerprint density at radius 3 is 2.38 bits per heavy atom. The van der Waals surface area contributed by atoms with E-state index in [-0.39, 0.29) is 24.3 Å². The van der Waals surface area contributed by atoms with Crippen LogP contribution in [0.5, 0.6) is 0 Å². The highest BCUT2D eigenvalue weighted by Gasteiger charge is 2.37. The Morgan fingerprint density at radius 2 is 1.73 bits per heavy atom. The van der Waals surface area contributed by atoms with Crippen molar-refractivity contribution in [3.8, 4) is 0 Å². The predicted octanol–water partition coefficient (Wildman–Crippen LogP) is 3.59. The Labute approximate surface area is 154 Å². The van der Waals surface area contributed by atoms with E-state index in [2.05, 4.69) is 18.2 Å². The number of likely N-dealkylation sites (N-methyl/N-ethyl adjacent to an activating group) is 1. The number of fused-ring (bicyclic) bond motifs is 1. The third-order valence-electron chi connectivity index (χ3n) is 4.69. The smallest absolute Gasteiger partial charge is 0.255 e. The van der Waals surface area contributed by atoms with Gasteiger partial charge >= 0.3 is 0 Å². The van der Waals surface area contributed by atoms with E-state index in [1.54, 1.807) is 19.0 Å². The van der Waals surface area contributed by atoms with Gasteiger partial charge in [0.2, 0.25) is 5.91 Å². The van der Waals surface area contributed by atoms with Crippen LogP contribution >= 0.6 is 0 Å². The fraction of sp³-hybridized carbons (Fsp3) is 0.273. The first-order valence-electron chi connectivity index (χ1n) is 8.90. The molecule has 0 aliphatic carbocycles. The second-order valence-corrected chi connectivity index (χ2v) is 6.65. The minimum atomic E-state index is -0.106. The third kappa shape index (κ3) is 3.27. The molecular formula is C22H24N2O2. The van der Waals surface area contributed by atoms with Crippen LogP contribution < -0.4 is 4.90 Å². The Hall–Kier alpha value is -2.88. The van der Waals surface area contributed by atoms with Crippen molar-refractivity contribution in [2.75, 3.05) is 25.5 Å². The molecular weight excluding hydrogens is 324 g/mol. The van der Waals surface area contributed by atoms with Crippen LogP contribution in [-0.4, -0.2) is 37.4 Å². The molecule has 0 N–H and O–H groups in total. The molecule has 1 aliphatic heterocycles. The molecule has 1 heterocycles. The monoisotopic (exact) mass is 348 g/mol. The number of allylic oxidation sites excluding steroid dienone is 1. The van der Waals surface area contributed by atoms with Gasteiger partial charge in [-0.3, -0.25) is 14.5 Å². The first-order chi connectivity index (χ1) is 12.5. The van der Waals surface area contributed by atoms with E-state index in [0.29, 0.717) is 0 Å². The van der Waals surface area contributed by atoms with Gasteiger partial charge in [-0.25, -0.2) is 0 Å². The van der Waals surface area contributed by atoms with Crippen molar-refractivity contribution in [3.05, 3.63) is 77.4 Å². The van der Waals surface area contributed by atoms with Crippen LogP contribution in [0.25, 0.3) is 0 Å². The van der Waals surface area contributed by atoms with Crippen molar-refractivity contribution in [2.24, 2.45) is 0 Å². The lowest BCUT2D eigenvalue weighted by Gasteiger charge is -2.36. The number of carbonyl (C=O) groups excluding carboxylic acids is 2. The largest absolute Gasteiger partial charge is 0.347 e. The molecule has 3 rings (SSSR count). The zero-order chi connectivity index (χ0) is 18.7. The van der Waals surface area contributed by atoms with Gasteiger partial charge in [0.05, 0.1) is 0 Å². The van der Waals surface area contributed by atoms with Gasteiger partial charge in [-0.05, 0) is 23.6 Å². The molecule has 0 aromatic heterocycles. The summed E-state index contributed by atoms with van der Waals surface area (Å²) in [6.45, 7) is 2.07. The van der Waals surface area contributed by atoms with Crippen molar-refractivity contribution in [1.82, 2.24) is 4.90 Å². The van der Waals surface area contributed by atoms with Crippen LogP contribution in [-0.2, 0) is 9.59 Å². The number of hydrogen-bond donors (Lipinski definition) is 0. The van der Waals surface area contributed by atoms with Crippen LogP contribution in [0.15, 0.2) is 66.2 Å². The summed E-state index contributed by atoms with van der Waals surface area (Å²) in [4.78, 5) is 28.7. The van der Waals surface area contributed by atoms with Crippen LogP contribution in [0.1, 0.15) is 30.4 Å². The summed E-state index contributed by atoms with van der Waals surface area (Å²) in [5.41, 5.74) is 3.70. The van der Waals surface area contributed by atoms with E-state index in [9.17, 15) is 9.59 Å². The maximum Gasteiger partial charge on any atom is 0.255 e. The molecule has 0 saturated carbocycles. The van der Waals surface area contributed by atoms with Gasteiger partial charge in [0.1, 0.15) is 6.54 Å². The highest BCUT2D eigenvalue weighted by atomic mass is 16.2. The maximum absolute atomic E-state index is 13.3. The number of amides is 2. The zero-order valence-electron chi connectivity index (χ0n) is 15.5. The predicted molar refractivity (Wildman–Crippen MR) is 104 cm³/mol. The molecule has 0 radical (unpaired) electrons. The van der Waals surface area contributed by atoms with Gasteiger partial charge < -0.3 is 4.90 Å². The van der Waals surface area contributed by atoms with Gasteiger partial charge in [-0.15, -0.1) is 0 Å². The lowest BCUT2D eigenvalue weighted by Crippen LogP contribution is -2.44. The molecule has 0 bridgehead atoms. The van der Waals surface area contributed by atoms with E-state index >= 15 is 0 Å². The molecule has 2 aromatic rings. The van der Waals surface area contributed by atoms with Gasteiger partial charge in [-0.1, -0.05) is 61.5 Å². The lowest BCUT2D eigenvalue weighted by atomic mass is 9.80. The molecule has 4 heteroatoms. The Balaban J connectivity index is 2.16. The number of benzene rings is 2. The van der Waals surface area contributed by atoms with E-state index < -0.39 is 0 Å². The number of para-hydroxylation sites is 1. The molecule has 1 atom stereocenters. The molecule has 0 fully saturated rings. The molecule has 4 nitrogen and oxygen atoms in total. The molecule has 0 saturated heterocycles. The van der Waals surface area contributed by atoms with Crippen molar-refractivity contribution in [3.63, 3.8) is 0 Å². The lowest BCUT2D eigenvalue weighted by molar-refractivity contribution is -0.128. The highest BCUT2D eigenvalue weighted by Crippen LogP contribution is 2.43. The van der Waals surface area contributed by atoms with Crippen LogP contribution in [0.3, 0.4) is 0 Å². The second kappa shape index (κ2) is 7.56. The average Bonchev–Trinajstić information content (AvgIpc) is 2.65. The van der Waals surface area contributed by atoms with Crippen LogP contribution in [0, 0.1) is 0 Å². The summed E-state index contributed by atoms with van der Waals surface area (Å²) in [7, 11) is 3.41. The van der Waals surface area contributed by atoms with E-state index in [0.717, 1.165) is 28.8 Å². The van der Waals surface area contributed by atoms with E-state index in [1.807, 2.05) is 49.4 Å². The highest BCUT2D eigenvalue weighted by molar-refractivity contribution is 6.12. The van der Waals surface area contributed by atoms with Crippen molar-refractivity contribution in [2.45, 2.75) is 19.3 Å². The molecule has 26 heavy (non-hydrogen) atoms. The van der Waals surface area contributed by atoms with Gasteiger partial charge in [0.15, 0.2) is 0 Å². The summed E-state index contributed by atoms with van der Waals surface area (Å²) >= 11 is 0. The zero-order valence-corrected chi connectivity index (χ0v) is 15.5. The molecule has 2 amide bonds. The first kappa shape index (κ1) is 17.9. The van der Waals surface area contributed by atoms with E-state index in [1.165, 1.54) is 4.90 Å². The van der Waals surface area contributed by atoms with E-state index in [4.69, 9.17) is 0 Å². The molecule has 0 spiro atoms. The number of carbonyl (C=O) groups is 2. The van der Waals surface area contributed by atoms with Gasteiger partial charge in [-0.2, -0.15) is 0 Å². The van der Waals surface area contributed by atoms with Crippen LogP contribution in [0.2, 0.25) is 0 Å². The minimum absolute atomic E-state index is 0.0470. The Kier molecular flexibility index (Phi) is 5.21. The summed E-state index contributed by atoms with van der Waals surface area (Å²) in [5, 5.41) is 0.